The van der Waals surface area contributed by atoms with Crippen LogP contribution in [0, 0.1) is 17.8 Å². The van der Waals surface area contributed by atoms with Crippen molar-refractivity contribution < 1.29 is 15.3 Å². The molecule has 0 amide bonds. The Morgan fingerprint density at radius 1 is 1.21 bits per heavy atom. The molecule has 0 spiro atoms. The Kier molecular flexibility index (Phi) is 8.51. The fourth-order valence-corrected chi connectivity index (χ4v) is 4.39. The molecule has 0 aliphatic heterocycles. The number of hydrogen-bond acceptors (Lipinski definition) is 3. The molecule has 0 heterocycles. The molecule has 0 aromatic carbocycles. The number of unbranched alkanes of at least 4 members (excludes halogenated alkanes) is 4. The van der Waals surface area contributed by atoms with Gasteiger partial charge in [0.2, 0.25) is 0 Å². The maximum absolute atomic E-state index is 10.4. The molecule has 3 heteroatoms. The highest BCUT2D eigenvalue weighted by Gasteiger charge is 2.43. The van der Waals surface area contributed by atoms with Crippen LogP contribution in [-0.2, 0) is 0 Å². The highest BCUT2D eigenvalue weighted by atomic mass is 16.3. The van der Waals surface area contributed by atoms with Crippen LogP contribution in [0.2, 0.25) is 0 Å². The monoisotopic (exact) mass is 336 g/mol. The Bertz CT molecular complexity index is 415. The average molecular weight is 337 g/mol. The standard InChI is InChI=1S/C21H36O3/c1-2-3-5-9-18(23)10-11-19-20-14-16(8-6-4-7-12-22)13-17(20)15-21(19)24/h10-11,13,17-24H,2-9,12,14-15H2,1H3/b11-10-/t17-,18-,19-,20-,21+/m0/s1. The minimum Gasteiger partial charge on any atom is -0.396 e. The van der Waals surface area contributed by atoms with Gasteiger partial charge in [0.05, 0.1) is 12.2 Å². The molecule has 3 nitrogen and oxygen atoms in total. The van der Waals surface area contributed by atoms with Gasteiger partial charge in [-0.3, -0.25) is 0 Å². The SMILES string of the molecule is CCCCC[C@H](O)/C=C\[C@H]1[C@H]2CC(CCCCCO)=C[C@H]2C[C@H]1O. The summed E-state index contributed by atoms with van der Waals surface area (Å²) >= 11 is 0. The second-order valence-electron chi connectivity index (χ2n) is 7.72. The Morgan fingerprint density at radius 2 is 2.04 bits per heavy atom. The molecule has 2 aliphatic carbocycles. The smallest absolute Gasteiger partial charge is 0.0721 e. The quantitative estimate of drug-likeness (QED) is 0.395. The number of hydrogen-bond donors (Lipinski definition) is 3. The maximum Gasteiger partial charge on any atom is 0.0721 e. The summed E-state index contributed by atoms with van der Waals surface area (Å²) in [5, 5.41) is 29.3. The summed E-state index contributed by atoms with van der Waals surface area (Å²) in [5.74, 6) is 1.23. The number of allylic oxidation sites excluding steroid dienone is 2. The van der Waals surface area contributed by atoms with E-state index in [0.717, 1.165) is 51.4 Å². The molecule has 0 aromatic heterocycles. The van der Waals surface area contributed by atoms with Crippen molar-refractivity contribution in [1.29, 1.82) is 0 Å². The fourth-order valence-electron chi connectivity index (χ4n) is 4.39. The van der Waals surface area contributed by atoms with Crippen molar-refractivity contribution in [2.45, 2.75) is 83.3 Å². The summed E-state index contributed by atoms with van der Waals surface area (Å²) < 4.78 is 0. The van der Waals surface area contributed by atoms with Crippen molar-refractivity contribution in [2.75, 3.05) is 6.61 Å². The lowest BCUT2D eigenvalue weighted by molar-refractivity contribution is 0.139. The van der Waals surface area contributed by atoms with Gasteiger partial charge >= 0.3 is 0 Å². The zero-order valence-corrected chi connectivity index (χ0v) is 15.2. The van der Waals surface area contributed by atoms with Gasteiger partial charge in [0.15, 0.2) is 0 Å². The van der Waals surface area contributed by atoms with Crippen LogP contribution < -0.4 is 0 Å². The predicted molar refractivity (Wildman–Crippen MR) is 98.6 cm³/mol. The lowest BCUT2D eigenvalue weighted by Gasteiger charge is -2.19. The molecule has 2 aliphatic rings. The summed E-state index contributed by atoms with van der Waals surface area (Å²) in [6.07, 6.45) is 16.3. The Balaban J connectivity index is 1.79. The van der Waals surface area contributed by atoms with E-state index in [1.165, 1.54) is 18.4 Å². The van der Waals surface area contributed by atoms with Crippen LogP contribution in [0.15, 0.2) is 23.8 Å². The molecule has 2 rings (SSSR count). The molecule has 24 heavy (non-hydrogen) atoms. The van der Waals surface area contributed by atoms with E-state index in [4.69, 9.17) is 5.11 Å². The van der Waals surface area contributed by atoms with Gasteiger partial charge in [-0.2, -0.15) is 0 Å². The summed E-state index contributed by atoms with van der Waals surface area (Å²) in [6, 6.07) is 0. The van der Waals surface area contributed by atoms with Gasteiger partial charge in [-0.25, -0.2) is 0 Å². The zero-order valence-electron chi connectivity index (χ0n) is 15.2. The molecule has 3 N–H and O–H groups in total. The molecule has 138 valence electrons. The Morgan fingerprint density at radius 3 is 2.79 bits per heavy atom. The van der Waals surface area contributed by atoms with E-state index in [2.05, 4.69) is 19.1 Å². The van der Waals surface area contributed by atoms with Crippen molar-refractivity contribution in [3.05, 3.63) is 23.8 Å². The van der Waals surface area contributed by atoms with Crippen LogP contribution >= 0.6 is 0 Å². The number of fused-ring (bicyclic) bond motifs is 1. The predicted octanol–water partition coefficient (Wildman–Crippen LogP) is 3.98. The highest BCUT2D eigenvalue weighted by molar-refractivity contribution is 5.20. The van der Waals surface area contributed by atoms with Crippen LogP contribution in [0.1, 0.15) is 71.1 Å². The van der Waals surface area contributed by atoms with E-state index >= 15 is 0 Å². The van der Waals surface area contributed by atoms with Gasteiger partial charge in [0, 0.05) is 12.5 Å². The molecule has 0 saturated heterocycles. The molecule has 1 saturated carbocycles. The van der Waals surface area contributed by atoms with Gasteiger partial charge in [-0.05, 0) is 50.4 Å². The van der Waals surface area contributed by atoms with Crippen LogP contribution in [0.25, 0.3) is 0 Å². The molecule has 1 fully saturated rings. The minimum atomic E-state index is -0.366. The molecule has 0 unspecified atom stereocenters. The van der Waals surface area contributed by atoms with E-state index in [9.17, 15) is 10.2 Å². The molecule has 0 aromatic rings. The molecule has 0 radical (unpaired) electrons. The third kappa shape index (κ3) is 5.72. The van der Waals surface area contributed by atoms with Crippen molar-refractivity contribution >= 4 is 0 Å². The fraction of sp³-hybridized carbons (Fsp3) is 0.810. The third-order valence-electron chi connectivity index (χ3n) is 5.76. The van der Waals surface area contributed by atoms with Gasteiger partial charge in [-0.15, -0.1) is 0 Å². The van der Waals surface area contributed by atoms with Gasteiger partial charge in [0.1, 0.15) is 0 Å². The van der Waals surface area contributed by atoms with Crippen molar-refractivity contribution in [1.82, 2.24) is 0 Å². The van der Waals surface area contributed by atoms with Crippen LogP contribution in [0.3, 0.4) is 0 Å². The lowest BCUT2D eigenvalue weighted by Crippen LogP contribution is -2.18. The second-order valence-corrected chi connectivity index (χ2v) is 7.72. The first-order valence-corrected chi connectivity index (χ1v) is 10.0. The zero-order chi connectivity index (χ0) is 17.4. The Labute approximate surface area is 147 Å². The van der Waals surface area contributed by atoms with E-state index < -0.39 is 0 Å². The molecule has 5 atom stereocenters. The second kappa shape index (κ2) is 10.4. The largest absolute Gasteiger partial charge is 0.396 e. The van der Waals surface area contributed by atoms with E-state index in [0.29, 0.717) is 18.4 Å². The van der Waals surface area contributed by atoms with Gasteiger partial charge in [0.25, 0.3) is 0 Å². The van der Waals surface area contributed by atoms with Gasteiger partial charge < -0.3 is 15.3 Å². The topological polar surface area (TPSA) is 60.7 Å². The lowest BCUT2D eigenvalue weighted by atomic mass is 9.88. The Hall–Kier alpha value is -0.640. The highest BCUT2D eigenvalue weighted by Crippen LogP contribution is 2.48. The first kappa shape index (κ1) is 19.7. The van der Waals surface area contributed by atoms with Gasteiger partial charge in [-0.1, -0.05) is 56.4 Å². The minimum absolute atomic E-state index is 0.196. The average Bonchev–Trinajstić information content (AvgIpc) is 3.06. The van der Waals surface area contributed by atoms with Crippen molar-refractivity contribution in [3.63, 3.8) is 0 Å². The molecule has 0 bridgehead atoms. The van der Waals surface area contributed by atoms with Crippen molar-refractivity contribution in [2.24, 2.45) is 17.8 Å². The van der Waals surface area contributed by atoms with E-state index in [1.54, 1.807) is 0 Å². The van der Waals surface area contributed by atoms with Crippen molar-refractivity contribution in [3.8, 4) is 0 Å². The third-order valence-corrected chi connectivity index (χ3v) is 5.76. The van der Waals surface area contributed by atoms with E-state index in [1.807, 2.05) is 6.08 Å². The van der Waals surface area contributed by atoms with E-state index in [-0.39, 0.29) is 18.1 Å². The maximum atomic E-state index is 10.4. The summed E-state index contributed by atoms with van der Waals surface area (Å²) in [5.41, 5.74) is 1.54. The first-order chi connectivity index (χ1) is 11.7. The number of aliphatic hydroxyl groups excluding tert-OH is 3. The van der Waals surface area contributed by atoms with Crippen LogP contribution in [0.4, 0.5) is 0 Å². The molecular formula is C21H36O3. The first-order valence-electron chi connectivity index (χ1n) is 10.0. The van der Waals surface area contributed by atoms with Crippen LogP contribution in [0.5, 0.6) is 0 Å². The summed E-state index contributed by atoms with van der Waals surface area (Å²) in [4.78, 5) is 0. The summed E-state index contributed by atoms with van der Waals surface area (Å²) in [7, 11) is 0. The number of aliphatic hydroxyl groups is 3. The normalized spacial score (nSPS) is 30.8. The summed E-state index contributed by atoms with van der Waals surface area (Å²) in [6.45, 7) is 2.47. The van der Waals surface area contributed by atoms with Crippen LogP contribution in [-0.4, -0.2) is 34.1 Å². The molecular weight excluding hydrogens is 300 g/mol. The number of rotatable bonds is 11.